The smallest absolute Gasteiger partial charge is 0.248 e. The van der Waals surface area contributed by atoms with Crippen molar-refractivity contribution in [3.8, 4) is 0 Å². The van der Waals surface area contributed by atoms with Crippen LogP contribution in [0, 0.1) is 5.95 Å². The van der Waals surface area contributed by atoms with Crippen LogP contribution in [0.2, 0.25) is 0 Å². The van der Waals surface area contributed by atoms with Crippen molar-refractivity contribution in [2.75, 3.05) is 5.32 Å². The van der Waals surface area contributed by atoms with Gasteiger partial charge in [0, 0.05) is 0 Å². The number of hydrogen-bond acceptors (Lipinski definition) is 2. The first kappa shape index (κ1) is 12.5. The van der Waals surface area contributed by atoms with Crippen LogP contribution in [0.3, 0.4) is 0 Å². The number of benzene rings is 1. The maximum absolute atomic E-state index is 12.8. The summed E-state index contributed by atoms with van der Waals surface area (Å²) in [5, 5.41) is 1.62. The Labute approximate surface area is 109 Å². The second-order valence-corrected chi connectivity index (χ2v) is 4.04. The maximum atomic E-state index is 12.8. The molecule has 1 amide bonds. The Bertz CT molecular complexity index is 548. The molecular formula is C13H10ClFN2O. The van der Waals surface area contributed by atoms with Crippen molar-refractivity contribution in [2.24, 2.45) is 0 Å². The monoisotopic (exact) mass is 264 g/mol. The summed E-state index contributed by atoms with van der Waals surface area (Å²) in [4.78, 5) is 15.4. The largest absolute Gasteiger partial charge is 0.309 e. The minimum Gasteiger partial charge on any atom is -0.309 e. The predicted molar refractivity (Wildman–Crippen MR) is 67.9 cm³/mol. The number of carbonyl (C=O) groups excluding carboxylic acids is 1. The van der Waals surface area contributed by atoms with Gasteiger partial charge in [0.1, 0.15) is 11.2 Å². The lowest BCUT2D eigenvalue weighted by atomic mass is 10.1. The molecule has 1 atom stereocenters. The Kier molecular flexibility index (Phi) is 3.89. The van der Waals surface area contributed by atoms with Crippen molar-refractivity contribution in [1.82, 2.24) is 4.98 Å². The number of amides is 1. The maximum Gasteiger partial charge on any atom is 0.248 e. The van der Waals surface area contributed by atoms with Crippen molar-refractivity contribution in [2.45, 2.75) is 5.38 Å². The summed E-state index contributed by atoms with van der Waals surface area (Å²) in [6.45, 7) is 0. The fourth-order valence-electron chi connectivity index (χ4n) is 1.44. The summed E-state index contributed by atoms with van der Waals surface area (Å²) in [5.41, 5.74) is 0.674. The van der Waals surface area contributed by atoms with Gasteiger partial charge in [-0.1, -0.05) is 36.4 Å². The molecule has 1 aromatic carbocycles. The van der Waals surface area contributed by atoms with Gasteiger partial charge in [0.05, 0.1) is 0 Å². The van der Waals surface area contributed by atoms with Crippen LogP contribution in [0.5, 0.6) is 0 Å². The Balaban J connectivity index is 2.09. The molecule has 0 aliphatic rings. The van der Waals surface area contributed by atoms with Crippen LogP contribution in [0.15, 0.2) is 48.5 Å². The SMILES string of the molecule is O=C(Nc1cccc(F)n1)C(Cl)c1ccccc1. The second-order valence-electron chi connectivity index (χ2n) is 3.61. The van der Waals surface area contributed by atoms with Crippen molar-refractivity contribution in [3.05, 3.63) is 60.0 Å². The third-order valence-corrected chi connectivity index (χ3v) is 2.74. The molecule has 1 aromatic heterocycles. The molecule has 1 heterocycles. The lowest BCUT2D eigenvalue weighted by Gasteiger charge is -2.10. The molecule has 0 spiro atoms. The van der Waals surface area contributed by atoms with Crippen LogP contribution in [0.25, 0.3) is 0 Å². The molecule has 0 saturated carbocycles. The van der Waals surface area contributed by atoms with Crippen molar-refractivity contribution >= 4 is 23.3 Å². The van der Waals surface area contributed by atoms with Crippen LogP contribution in [-0.4, -0.2) is 10.9 Å². The number of nitrogens with zero attached hydrogens (tertiary/aromatic N) is 1. The number of pyridine rings is 1. The van der Waals surface area contributed by atoms with Gasteiger partial charge in [-0.3, -0.25) is 4.79 Å². The van der Waals surface area contributed by atoms with Gasteiger partial charge in [-0.05, 0) is 17.7 Å². The zero-order chi connectivity index (χ0) is 13.0. The molecule has 92 valence electrons. The zero-order valence-electron chi connectivity index (χ0n) is 9.31. The number of halogens is 2. The zero-order valence-corrected chi connectivity index (χ0v) is 10.1. The molecule has 2 rings (SSSR count). The Morgan fingerprint density at radius 3 is 2.56 bits per heavy atom. The van der Waals surface area contributed by atoms with Gasteiger partial charge >= 0.3 is 0 Å². The van der Waals surface area contributed by atoms with E-state index in [0.717, 1.165) is 0 Å². The molecular weight excluding hydrogens is 255 g/mol. The van der Waals surface area contributed by atoms with Gasteiger partial charge in [-0.15, -0.1) is 11.6 Å². The predicted octanol–water partition coefficient (Wildman–Crippen LogP) is 3.14. The number of alkyl halides is 1. The molecule has 0 aliphatic carbocycles. The molecule has 0 aliphatic heterocycles. The molecule has 18 heavy (non-hydrogen) atoms. The van der Waals surface area contributed by atoms with E-state index >= 15 is 0 Å². The van der Waals surface area contributed by atoms with Gasteiger partial charge in [0.25, 0.3) is 0 Å². The summed E-state index contributed by atoms with van der Waals surface area (Å²) in [6.07, 6.45) is 0. The first-order valence-electron chi connectivity index (χ1n) is 5.29. The molecule has 5 heteroatoms. The number of carbonyl (C=O) groups is 1. The summed E-state index contributed by atoms with van der Waals surface area (Å²) >= 11 is 6.01. The third kappa shape index (κ3) is 3.05. The highest BCUT2D eigenvalue weighted by Crippen LogP contribution is 2.21. The van der Waals surface area contributed by atoms with Crippen molar-refractivity contribution in [3.63, 3.8) is 0 Å². The minimum absolute atomic E-state index is 0.140. The topological polar surface area (TPSA) is 42.0 Å². The molecule has 2 aromatic rings. The van der Waals surface area contributed by atoms with Crippen LogP contribution in [-0.2, 0) is 4.79 Å². The van der Waals surface area contributed by atoms with Gasteiger partial charge in [-0.25, -0.2) is 4.98 Å². The van der Waals surface area contributed by atoms with E-state index in [-0.39, 0.29) is 5.82 Å². The summed E-state index contributed by atoms with van der Waals surface area (Å²) in [7, 11) is 0. The fraction of sp³-hybridized carbons (Fsp3) is 0.0769. The normalized spacial score (nSPS) is 11.9. The highest BCUT2D eigenvalue weighted by atomic mass is 35.5. The van der Waals surface area contributed by atoms with E-state index in [9.17, 15) is 9.18 Å². The van der Waals surface area contributed by atoms with Crippen LogP contribution in [0.4, 0.5) is 10.2 Å². The first-order valence-corrected chi connectivity index (χ1v) is 5.73. The summed E-state index contributed by atoms with van der Waals surface area (Å²) in [5.74, 6) is -0.957. The number of aromatic nitrogens is 1. The van der Waals surface area contributed by atoms with E-state index in [1.807, 2.05) is 6.07 Å². The Hall–Kier alpha value is -1.94. The minimum atomic E-state index is -0.837. The third-order valence-electron chi connectivity index (χ3n) is 2.29. The molecule has 1 N–H and O–H groups in total. The highest BCUT2D eigenvalue weighted by Gasteiger charge is 2.17. The number of anilines is 1. The average molecular weight is 265 g/mol. The van der Waals surface area contributed by atoms with Gasteiger partial charge in [0.15, 0.2) is 0 Å². The summed E-state index contributed by atoms with van der Waals surface area (Å²) < 4.78 is 12.8. The van der Waals surface area contributed by atoms with E-state index in [4.69, 9.17) is 11.6 Å². The molecule has 3 nitrogen and oxygen atoms in total. The van der Waals surface area contributed by atoms with E-state index in [2.05, 4.69) is 10.3 Å². The van der Waals surface area contributed by atoms with Crippen LogP contribution >= 0.6 is 11.6 Å². The fourth-order valence-corrected chi connectivity index (χ4v) is 1.64. The van der Waals surface area contributed by atoms with Gasteiger partial charge in [0.2, 0.25) is 11.9 Å². The van der Waals surface area contributed by atoms with E-state index in [1.54, 1.807) is 24.3 Å². The number of rotatable bonds is 3. The van der Waals surface area contributed by atoms with Crippen LogP contribution < -0.4 is 5.32 Å². The Morgan fingerprint density at radius 1 is 1.17 bits per heavy atom. The van der Waals surface area contributed by atoms with Crippen molar-refractivity contribution < 1.29 is 9.18 Å². The van der Waals surface area contributed by atoms with E-state index in [1.165, 1.54) is 18.2 Å². The molecule has 0 bridgehead atoms. The molecule has 0 saturated heterocycles. The second kappa shape index (κ2) is 5.60. The lowest BCUT2D eigenvalue weighted by molar-refractivity contribution is -0.116. The average Bonchev–Trinajstić information content (AvgIpc) is 2.39. The van der Waals surface area contributed by atoms with Gasteiger partial charge in [-0.2, -0.15) is 4.39 Å². The molecule has 0 radical (unpaired) electrons. The van der Waals surface area contributed by atoms with Crippen LogP contribution in [0.1, 0.15) is 10.9 Å². The standard InChI is InChI=1S/C13H10ClFN2O/c14-12(9-5-2-1-3-6-9)13(18)17-11-8-4-7-10(15)16-11/h1-8,12H,(H,16,17,18). The Morgan fingerprint density at radius 2 is 1.89 bits per heavy atom. The quantitative estimate of drug-likeness (QED) is 0.684. The molecule has 0 fully saturated rings. The van der Waals surface area contributed by atoms with E-state index in [0.29, 0.717) is 5.56 Å². The number of nitrogens with one attached hydrogen (secondary N) is 1. The van der Waals surface area contributed by atoms with Crippen molar-refractivity contribution in [1.29, 1.82) is 0 Å². The van der Waals surface area contributed by atoms with Gasteiger partial charge < -0.3 is 5.32 Å². The first-order chi connectivity index (χ1) is 8.66. The lowest BCUT2D eigenvalue weighted by Crippen LogP contribution is -2.18. The summed E-state index contributed by atoms with van der Waals surface area (Å²) in [6, 6.07) is 13.1. The number of hydrogen-bond donors (Lipinski definition) is 1. The van der Waals surface area contributed by atoms with E-state index < -0.39 is 17.2 Å². The molecule has 1 unspecified atom stereocenters. The highest BCUT2D eigenvalue weighted by molar-refractivity contribution is 6.32.